The number of amides is 3. The van der Waals surface area contributed by atoms with Gasteiger partial charge in [0.25, 0.3) is 5.91 Å². The molecule has 0 radical (unpaired) electrons. The minimum absolute atomic E-state index is 0.352. The standard InChI is InChI=1S/C17H15N3O2/c21-16(14-7-2-1-3-8-14)18-19-17(22)20-11-10-13-6-4-5-9-15(13)12-20/h1-11H,12H2,(H,18,21)(H,19,22). The van der Waals surface area contributed by atoms with Crippen molar-refractivity contribution in [2.45, 2.75) is 6.54 Å². The van der Waals surface area contributed by atoms with Crippen LogP contribution in [0.3, 0.4) is 0 Å². The molecule has 1 aliphatic rings. The number of benzene rings is 2. The molecule has 2 aromatic carbocycles. The molecule has 3 amide bonds. The van der Waals surface area contributed by atoms with Crippen LogP contribution in [0.1, 0.15) is 21.5 Å². The summed E-state index contributed by atoms with van der Waals surface area (Å²) in [5.74, 6) is -0.352. The third kappa shape index (κ3) is 2.98. The van der Waals surface area contributed by atoms with Crippen LogP contribution in [-0.4, -0.2) is 16.8 Å². The van der Waals surface area contributed by atoms with E-state index in [0.717, 1.165) is 11.1 Å². The molecule has 22 heavy (non-hydrogen) atoms. The van der Waals surface area contributed by atoms with Crippen LogP contribution in [0.15, 0.2) is 60.8 Å². The Bertz CT molecular complexity index is 726. The third-order valence-corrected chi connectivity index (χ3v) is 3.41. The zero-order chi connectivity index (χ0) is 15.4. The normalized spacial score (nSPS) is 12.5. The van der Waals surface area contributed by atoms with Crippen LogP contribution < -0.4 is 10.9 Å². The van der Waals surface area contributed by atoms with E-state index < -0.39 is 0 Å². The molecule has 0 bridgehead atoms. The number of hydrogen-bond donors (Lipinski definition) is 2. The van der Waals surface area contributed by atoms with Crippen molar-refractivity contribution in [3.8, 4) is 0 Å². The lowest BCUT2D eigenvalue weighted by atomic mass is 10.0. The zero-order valence-electron chi connectivity index (χ0n) is 11.8. The SMILES string of the molecule is O=C(NNC(=O)N1C=Cc2ccccc2C1)c1ccccc1. The van der Waals surface area contributed by atoms with E-state index in [0.29, 0.717) is 12.1 Å². The summed E-state index contributed by atoms with van der Waals surface area (Å²) in [5.41, 5.74) is 7.47. The zero-order valence-corrected chi connectivity index (χ0v) is 11.8. The van der Waals surface area contributed by atoms with E-state index in [1.165, 1.54) is 4.90 Å². The molecule has 3 rings (SSSR count). The maximum Gasteiger partial charge on any atom is 0.340 e. The number of rotatable bonds is 1. The fraction of sp³-hybridized carbons (Fsp3) is 0.0588. The number of nitrogens with zero attached hydrogens (tertiary/aromatic N) is 1. The van der Waals surface area contributed by atoms with Crippen LogP contribution in [0.4, 0.5) is 4.79 Å². The van der Waals surface area contributed by atoms with Crippen molar-refractivity contribution in [1.82, 2.24) is 15.8 Å². The molecule has 0 spiro atoms. The van der Waals surface area contributed by atoms with Crippen LogP contribution in [-0.2, 0) is 6.54 Å². The lowest BCUT2D eigenvalue weighted by Crippen LogP contribution is -2.47. The maximum atomic E-state index is 12.1. The molecule has 5 nitrogen and oxygen atoms in total. The quantitative estimate of drug-likeness (QED) is 0.794. The van der Waals surface area contributed by atoms with Gasteiger partial charge < -0.3 is 0 Å². The van der Waals surface area contributed by atoms with Crippen molar-refractivity contribution in [3.05, 3.63) is 77.5 Å². The summed E-state index contributed by atoms with van der Waals surface area (Å²) in [6, 6.07) is 16.2. The minimum Gasteiger partial charge on any atom is -0.295 e. The van der Waals surface area contributed by atoms with Gasteiger partial charge in [0, 0.05) is 11.8 Å². The Morgan fingerprint density at radius 2 is 1.64 bits per heavy atom. The molecule has 0 atom stereocenters. The van der Waals surface area contributed by atoms with E-state index in [-0.39, 0.29) is 11.9 Å². The Morgan fingerprint density at radius 1 is 0.909 bits per heavy atom. The molecule has 110 valence electrons. The van der Waals surface area contributed by atoms with E-state index in [9.17, 15) is 9.59 Å². The van der Waals surface area contributed by atoms with Gasteiger partial charge in [-0.05, 0) is 29.3 Å². The molecule has 0 unspecified atom stereocenters. The van der Waals surface area contributed by atoms with Crippen molar-refractivity contribution >= 4 is 18.0 Å². The summed E-state index contributed by atoms with van der Waals surface area (Å²) in [5, 5.41) is 0. The first-order valence-corrected chi connectivity index (χ1v) is 6.92. The van der Waals surface area contributed by atoms with Crippen LogP contribution in [0.5, 0.6) is 0 Å². The molecule has 0 aliphatic carbocycles. The molecule has 0 aromatic heterocycles. The van der Waals surface area contributed by atoms with Crippen molar-refractivity contribution in [1.29, 1.82) is 0 Å². The summed E-state index contributed by atoms with van der Waals surface area (Å²) >= 11 is 0. The van der Waals surface area contributed by atoms with E-state index in [4.69, 9.17) is 0 Å². The monoisotopic (exact) mass is 293 g/mol. The second kappa shape index (κ2) is 6.13. The van der Waals surface area contributed by atoms with Gasteiger partial charge in [0.05, 0.1) is 6.54 Å². The van der Waals surface area contributed by atoms with E-state index in [2.05, 4.69) is 10.9 Å². The lowest BCUT2D eigenvalue weighted by molar-refractivity contribution is 0.0932. The van der Waals surface area contributed by atoms with Gasteiger partial charge >= 0.3 is 6.03 Å². The molecule has 0 saturated carbocycles. The molecule has 2 aromatic rings. The lowest BCUT2D eigenvalue weighted by Gasteiger charge is -2.23. The molecule has 2 N–H and O–H groups in total. The fourth-order valence-corrected chi connectivity index (χ4v) is 2.23. The molecule has 1 heterocycles. The Kier molecular flexibility index (Phi) is 3.87. The number of hydrazine groups is 1. The van der Waals surface area contributed by atoms with Gasteiger partial charge in [0.1, 0.15) is 0 Å². The van der Waals surface area contributed by atoms with Crippen molar-refractivity contribution in [2.24, 2.45) is 0 Å². The predicted octanol–water partition coefficient (Wildman–Crippen LogP) is 2.53. The summed E-state index contributed by atoms with van der Waals surface area (Å²) in [6.07, 6.45) is 3.57. The first kappa shape index (κ1) is 13.9. The average molecular weight is 293 g/mol. The molecule has 5 heteroatoms. The number of urea groups is 1. The van der Waals surface area contributed by atoms with Gasteiger partial charge in [0.2, 0.25) is 0 Å². The van der Waals surface area contributed by atoms with Crippen molar-refractivity contribution in [3.63, 3.8) is 0 Å². The molecular weight excluding hydrogens is 278 g/mol. The number of fused-ring (bicyclic) bond motifs is 1. The topological polar surface area (TPSA) is 61.4 Å². The smallest absolute Gasteiger partial charge is 0.295 e. The van der Waals surface area contributed by atoms with E-state index in [1.807, 2.05) is 36.4 Å². The Hall–Kier alpha value is -3.08. The largest absolute Gasteiger partial charge is 0.340 e. The summed E-state index contributed by atoms with van der Waals surface area (Å²) in [7, 11) is 0. The number of nitrogens with one attached hydrogen (secondary N) is 2. The first-order valence-electron chi connectivity index (χ1n) is 6.92. The van der Waals surface area contributed by atoms with Crippen LogP contribution in [0.25, 0.3) is 6.08 Å². The molecular formula is C17H15N3O2. The minimum atomic E-state index is -0.380. The van der Waals surface area contributed by atoms with Gasteiger partial charge in [-0.25, -0.2) is 10.2 Å². The summed E-state index contributed by atoms with van der Waals surface area (Å²) < 4.78 is 0. The van der Waals surface area contributed by atoms with Gasteiger partial charge in [-0.3, -0.25) is 15.1 Å². The van der Waals surface area contributed by atoms with E-state index >= 15 is 0 Å². The second-order valence-electron chi connectivity index (χ2n) is 4.89. The van der Waals surface area contributed by atoms with Crippen LogP contribution in [0, 0.1) is 0 Å². The van der Waals surface area contributed by atoms with Gasteiger partial charge in [-0.2, -0.15) is 0 Å². The highest BCUT2D eigenvalue weighted by Gasteiger charge is 2.16. The highest BCUT2D eigenvalue weighted by Crippen LogP contribution is 2.18. The van der Waals surface area contributed by atoms with Crippen LogP contribution in [0.2, 0.25) is 0 Å². The summed E-state index contributed by atoms with van der Waals surface area (Å²) in [6.45, 7) is 0.472. The molecule has 0 saturated heterocycles. The number of carbonyl (C=O) groups is 2. The van der Waals surface area contributed by atoms with E-state index in [1.54, 1.807) is 30.5 Å². The third-order valence-electron chi connectivity index (χ3n) is 3.41. The van der Waals surface area contributed by atoms with Gasteiger partial charge in [0.15, 0.2) is 0 Å². The first-order chi connectivity index (χ1) is 10.7. The highest BCUT2D eigenvalue weighted by atomic mass is 16.2. The second-order valence-corrected chi connectivity index (χ2v) is 4.89. The Morgan fingerprint density at radius 3 is 2.45 bits per heavy atom. The Balaban J connectivity index is 1.59. The van der Waals surface area contributed by atoms with Crippen molar-refractivity contribution in [2.75, 3.05) is 0 Å². The highest BCUT2D eigenvalue weighted by molar-refractivity contribution is 5.95. The number of hydrogen-bond acceptors (Lipinski definition) is 2. The number of carbonyl (C=O) groups excluding carboxylic acids is 2. The summed E-state index contributed by atoms with van der Waals surface area (Å²) in [4.78, 5) is 25.5. The predicted molar refractivity (Wildman–Crippen MR) is 83.5 cm³/mol. The Labute approximate surface area is 128 Å². The average Bonchev–Trinajstić information content (AvgIpc) is 2.59. The van der Waals surface area contributed by atoms with Crippen LogP contribution >= 0.6 is 0 Å². The van der Waals surface area contributed by atoms with Gasteiger partial charge in [-0.15, -0.1) is 0 Å². The maximum absolute atomic E-state index is 12.1. The fourth-order valence-electron chi connectivity index (χ4n) is 2.23. The van der Waals surface area contributed by atoms with Gasteiger partial charge in [-0.1, -0.05) is 42.5 Å². The van der Waals surface area contributed by atoms with Crippen molar-refractivity contribution < 1.29 is 9.59 Å². The molecule has 0 fully saturated rings. The molecule has 1 aliphatic heterocycles.